The van der Waals surface area contributed by atoms with Crippen molar-refractivity contribution in [1.82, 2.24) is 14.5 Å². The van der Waals surface area contributed by atoms with E-state index in [0.717, 1.165) is 18.5 Å². The minimum absolute atomic E-state index is 0.128. The first-order valence-corrected chi connectivity index (χ1v) is 11.3. The molecular formula is C21H28N4O3S. The summed E-state index contributed by atoms with van der Waals surface area (Å²) in [5, 5.41) is 7.55. The van der Waals surface area contributed by atoms with Crippen LogP contribution in [0.4, 0.5) is 5.69 Å². The normalized spacial score (nSPS) is 14.6. The minimum Gasteiger partial charge on any atom is -0.321 e. The van der Waals surface area contributed by atoms with Crippen molar-refractivity contribution in [2.75, 3.05) is 11.9 Å². The number of anilines is 1. The van der Waals surface area contributed by atoms with E-state index in [4.69, 9.17) is 0 Å². The number of hydrogen-bond donors (Lipinski definition) is 2. The van der Waals surface area contributed by atoms with E-state index in [9.17, 15) is 13.2 Å². The molecule has 1 heterocycles. The Labute approximate surface area is 172 Å². The van der Waals surface area contributed by atoms with Crippen LogP contribution in [0.25, 0.3) is 0 Å². The third-order valence-electron chi connectivity index (χ3n) is 4.61. The minimum atomic E-state index is -3.42. The summed E-state index contributed by atoms with van der Waals surface area (Å²) in [4.78, 5) is 12.9. The molecule has 1 saturated carbocycles. The highest BCUT2D eigenvalue weighted by Gasteiger charge is 2.31. The molecule has 0 saturated heterocycles. The smallest absolute Gasteiger partial charge is 0.273 e. The highest BCUT2D eigenvalue weighted by atomic mass is 32.2. The summed E-state index contributed by atoms with van der Waals surface area (Å²) in [5.41, 5.74) is 2.42. The highest BCUT2D eigenvalue weighted by molar-refractivity contribution is 7.88. The maximum absolute atomic E-state index is 12.9. The number of nitrogens with zero attached hydrogens (tertiary/aromatic N) is 2. The SMILES string of the molecule is C=CCNS(=O)(=O)Cc1ccc(NC(=O)c2cc(C3CC3)nn2C(C)(C)C)cc1. The second kappa shape index (κ2) is 8.12. The lowest BCUT2D eigenvalue weighted by Gasteiger charge is -2.22. The van der Waals surface area contributed by atoms with Crippen LogP contribution in [0, 0.1) is 0 Å². The molecule has 7 nitrogen and oxygen atoms in total. The van der Waals surface area contributed by atoms with E-state index < -0.39 is 10.0 Å². The van der Waals surface area contributed by atoms with Gasteiger partial charge in [-0.2, -0.15) is 5.10 Å². The monoisotopic (exact) mass is 416 g/mol. The van der Waals surface area contributed by atoms with Gasteiger partial charge in [0.1, 0.15) is 5.69 Å². The first kappa shape index (κ1) is 21.3. The molecule has 1 aromatic heterocycles. The molecule has 0 aliphatic heterocycles. The van der Waals surface area contributed by atoms with Crippen LogP contribution in [0.1, 0.15) is 61.3 Å². The van der Waals surface area contributed by atoms with Crippen molar-refractivity contribution in [1.29, 1.82) is 0 Å². The number of aromatic nitrogens is 2. The predicted molar refractivity (Wildman–Crippen MR) is 114 cm³/mol. The van der Waals surface area contributed by atoms with Gasteiger partial charge >= 0.3 is 0 Å². The van der Waals surface area contributed by atoms with Gasteiger partial charge in [-0.1, -0.05) is 18.2 Å². The maximum Gasteiger partial charge on any atom is 0.273 e. The number of amides is 1. The first-order valence-electron chi connectivity index (χ1n) is 9.68. The van der Waals surface area contributed by atoms with Crippen LogP contribution >= 0.6 is 0 Å². The average Bonchev–Trinajstić information content (AvgIpc) is 3.38. The fraction of sp³-hybridized carbons (Fsp3) is 0.429. The molecule has 1 aromatic carbocycles. The molecular weight excluding hydrogens is 388 g/mol. The van der Waals surface area contributed by atoms with Crippen LogP contribution in [0.5, 0.6) is 0 Å². The van der Waals surface area contributed by atoms with E-state index in [1.165, 1.54) is 6.08 Å². The zero-order valence-electron chi connectivity index (χ0n) is 17.1. The quantitative estimate of drug-likeness (QED) is 0.645. The van der Waals surface area contributed by atoms with Crippen molar-refractivity contribution in [3.05, 3.63) is 59.9 Å². The van der Waals surface area contributed by atoms with Crippen LogP contribution in [0.3, 0.4) is 0 Å². The van der Waals surface area contributed by atoms with Gasteiger partial charge in [0.05, 0.1) is 17.0 Å². The average molecular weight is 417 g/mol. The lowest BCUT2D eigenvalue weighted by Crippen LogP contribution is -2.29. The molecule has 1 aliphatic rings. The Morgan fingerprint density at radius 2 is 1.93 bits per heavy atom. The number of benzene rings is 1. The first-order chi connectivity index (χ1) is 13.6. The third-order valence-corrected chi connectivity index (χ3v) is 5.93. The van der Waals surface area contributed by atoms with Crippen molar-refractivity contribution in [3.63, 3.8) is 0 Å². The van der Waals surface area contributed by atoms with Gasteiger partial charge in [-0.05, 0) is 57.4 Å². The number of sulfonamides is 1. The van der Waals surface area contributed by atoms with Gasteiger partial charge in [0.15, 0.2) is 0 Å². The fourth-order valence-corrected chi connectivity index (χ4v) is 4.09. The van der Waals surface area contributed by atoms with Crippen molar-refractivity contribution in [3.8, 4) is 0 Å². The summed E-state index contributed by atoms with van der Waals surface area (Å²) >= 11 is 0. The molecule has 1 aliphatic carbocycles. The maximum atomic E-state index is 12.9. The molecule has 29 heavy (non-hydrogen) atoms. The molecule has 2 aromatic rings. The summed E-state index contributed by atoms with van der Waals surface area (Å²) in [6, 6.07) is 8.68. The number of hydrogen-bond acceptors (Lipinski definition) is 4. The largest absolute Gasteiger partial charge is 0.321 e. The van der Waals surface area contributed by atoms with Crippen molar-refractivity contribution >= 4 is 21.6 Å². The summed E-state index contributed by atoms with van der Waals surface area (Å²) in [6.07, 6.45) is 3.73. The number of nitrogens with one attached hydrogen (secondary N) is 2. The van der Waals surface area contributed by atoms with Gasteiger partial charge in [-0.15, -0.1) is 6.58 Å². The molecule has 2 N–H and O–H groups in total. The molecule has 1 fully saturated rings. The zero-order chi connectivity index (χ0) is 21.2. The van der Waals surface area contributed by atoms with E-state index in [1.54, 1.807) is 28.9 Å². The van der Waals surface area contributed by atoms with Gasteiger partial charge in [0.25, 0.3) is 5.91 Å². The van der Waals surface area contributed by atoms with Gasteiger partial charge in [-0.3, -0.25) is 9.48 Å². The van der Waals surface area contributed by atoms with E-state index in [2.05, 4.69) is 21.7 Å². The van der Waals surface area contributed by atoms with E-state index in [0.29, 0.717) is 22.9 Å². The van der Waals surface area contributed by atoms with Crippen molar-refractivity contribution in [2.24, 2.45) is 0 Å². The summed E-state index contributed by atoms with van der Waals surface area (Å²) < 4.78 is 28.1. The second-order valence-corrected chi connectivity index (χ2v) is 10.2. The summed E-state index contributed by atoms with van der Waals surface area (Å²) in [5.74, 6) is 0.102. The fourth-order valence-electron chi connectivity index (χ4n) is 2.99. The molecule has 0 radical (unpaired) electrons. The lowest BCUT2D eigenvalue weighted by molar-refractivity contribution is 0.100. The van der Waals surface area contributed by atoms with E-state index >= 15 is 0 Å². The van der Waals surface area contributed by atoms with Gasteiger partial charge in [0, 0.05) is 18.2 Å². The van der Waals surface area contributed by atoms with Crippen LogP contribution in [-0.2, 0) is 21.3 Å². The lowest BCUT2D eigenvalue weighted by atomic mass is 10.1. The van der Waals surface area contributed by atoms with Crippen LogP contribution in [0.15, 0.2) is 43.0 Å². The Bertz CT molecular complexity index is 998. The Kier molecular flexibility index (Phi) is 5.95. The van der Waals surface area contributed by atoms with Crippen LogP contribution in [0.2, 0.25) is 0 Å². The number of carbonyl (C=O) groups excluding carboxylic acids is 1. The third kappa shape index (κ3) is 5.55. The Morgan fingerprint density at radius 1 is 1.28 bits per heavy atom. The Balaban J connectivity index is 1.72. The molecule has 1 amide bonds. The van der Waals surface area contributed by atoms with Crippen LogP contribution in [-0.4, -0.2) is 30.7 Å². The molecule has 0 spiro atoms. The van der Waals surface area contributed by atoms with Gasteiger partial charge in [-0.25, -0.2) is 13.1 Å². The standard InChI is InChI=1S/C21H28N4O3S/c1-5-12-22-29(27,28)14-15-6-10-17(11-7-15)23-20(26)19-13-18(16-8-9-16)24-25(19)21(2,3)4/h5-7,10-11,13,16,22H,1,8-9,12,14H2,2-4H3,(H,23,26). The molecule has 0 atom stereocenters. The van der Waals surface area contributed by atoms with E-state index in [-0.39, 0.29) is 23.7 Å². The molecule has 8 heteroatoms. The predicted octanol–water partition coefficient (Wildman–Crippen LogP) is 3.37. The van der Waals surface area contributed by atoms with Crippen molar-refractivity contribution < 1.29 is 13.2 Å². The summed E-state index contributed by atoms with van der Waals surface area (Å²) in [7, 11) is -3.42. The number of carbonyl (C=O) groups is 1. The van der Waals surface area contributed by atoms with Gasteiger partial charge in [0.2, 0.25) is 10.0 Å². The zero-order valence-corrected chi connectivity index (χ0v) is 17.9. The molecule has 156 valence electrons. The molecule has 0 bridgehead atoms. The Hall–Kier alpha value is -2.45. The topological polar surface area (TPSA) is 93.1 Å². The molecule has 0 unspecified atom stereocenters. The molecule has 3 rings (SSSR count). The van der Waals surface area contributed by atoms with Gasteiger partial charge < -0.3 is 5.32 Å². The number of rotatable bonds is 8. The van der Waals surface area contributed by atoms with E-state index in [1.807, 2.05) is 26.8 Å². The highest BCUT2D eigenvalue weighted by Crippen LogP contribution is 2.40. The Morgan fingerprint density at radius 3 is 2.48 bits per heavy atom. The van der Waals surface area contributed by atoms with Crippen LogP contribution < -0.4 is 10.0 Å². The van der Waals surface area contributed by atoms with Crippen molar-refractivity contribution in [2.45, 2.75) is 50.8 Å². The second-order valence-electron chi connectivity index (χ2n) is 8.36. The summed E-state index contributed by atoms with van der Waals surface area (Å²) in [6.45, 7) is 9.74.